The Hall–Kier alpha value is -1.35. The lowest BCUT2D eigenvalue weighted by molar-refractivity contribution is -0.124. The lowest BCUT2D eigenvalue weighted by Gasteiger charge is -2.43. The molecule has 3 atom stereocenters. The van der Waals surface area contributed by atoms with E-state index in [0.717, 1.165) is 30.5 Å². The summed E-state index contributed by atoms with van der Waals surface area (Å²) < 4.78 is 0. The molecule has 0 aromatic heterocycles. The van der Waals surface area contributed by atoms with E-state index < -0.39 is 0 Å². The lowest BCUT2D eigenvalue weighted by Crippen LogP contribution is -2.47. The summed E-state index contributed by atoms with van der Waals surface area (Å²) in [7, 11) is 0. The highest BCUT2D eigenvalue weighted by molar-refractivity contribution is 5.81. The van der Waals surface area contributed by atoms with E-state index in [9.17, 15) is 4.79 Å². The van der Waals surface area contributed by atoms with Gasteiger partial charge in [0.25, 0.3) is 0 Å². The summed E-state index contributed by atoms with van der Waals surface area (Å²) in [4.78, 5) is 14.2. The van der Waals surface area contributed by atoms with Crippen LogP contribution in [0.15, 0.2) is 30.3 Å². The summed E-state index contributed by atoms with van der Waals surface area (Å²) in [5.41, 5.74) is 6.72. The molecule has 1 aromatic carbocycles. The van der Waals surface area contributed by atoms with Gasteiger partial charge in [0.1, 0.15) is 6.04 Å². The number of piperidine rings is 1. The Balaban J connectivity index is 1.77. The molecule has 1 aliphatic heterocycles. The molecule has 20 heavy (non-hydrogen) atoms. The fourth-order valence-electron chi connectivity index (χ4n) is 4.05. The van der Waals surface area contributed by atoms with E-state index >= 15 is 0 Å². The SMILES string of the molecule is NC(=O)[C@H](c1ccccc1)N1CC[C@H]2CCCC[C@H]2C1. The molecule has 1 aromatic rings. The van der Waals surface area contributed by atoms with Gasteiger partial charge in [-0.15, -0.1) is 0 Å². The van der Waals surface area contributed by atoms with Gasteiger partial charge in [0.05, 0.1) is 0 Å². The standard InChI is InChI=1S/C17H24N2O/c18-17(20)16(14-7-2-1-3-8-14)19-11-10-13-6-4-5-9-15(13)12-19/h1-3,7-8,13,15-16H,4-6,9-12H2,(H2,18,20)/t13-,15+,16+/m1/s1. The molecule has 0 unspecified atom stereocenters. The number of primary amides is 1. The van der Waals surface area contributed by atoms with Gasteiger partial charge in [0.15, 0.2) is 0 Å². The van der Waals surface area contributed by atoms with Crippen molar-refractivity contribution in [3.05, 3.63) is 35.9 Å². The molecular weight excluding hydrogens is 248 g/mol. The molecule has 1 saturated heterocycles. The van der Waals surface area contributed by atoms with E-state index in [-0.39, 0.29) is 11.9 Å². The highest BCUT2D eigenvalue weighted by Crippen LogP contribution is 2.38. The normalized spacial score (nSPS) is 28.6. The Morgan fingerprint density at radius 3 is 2.50 bits per heavy atom. The van der Waals surface area contributed by atoms with Crippen LogP contribution in [0.2, 0.25) is 0 Å². The maximum Gasteiger partial charge on any atom is 0.239 e. The molecule has 2 fully saturated rings. The third-order valence-corrected chi connectivity index (χ3v) is 5.07. The Morgan fingerprint density at radius 1 is 1.10 bits per heavy atom. The monoisotopic (exact) mass is 272 g/mol. The molecule has 1 heterocycles. The van der Waals surface area contributed by atoms with E-state index in [0.29, 0.717) is 0 Å². The number of rotatable bonds is 3. The average molecular weight is 272 g/mol. The van der Waals surface area contributed by atoms with Crippen LogP contribution in [-0.4, -0.2) is 23.9 Å². The molecule has 2 N–H and O–H groups in total. The van der Waals surface area contributed by atoms with Crippen LogP contribution < -0.4 is 5.73 Å². The molecule has 3 heteroatoms. The van der Waals surface area contributed by atoms with Crippen molar-refractivity contribution in [1.82, 2.24) is 4.90 Å². The zero-order valence-electron chi connectivity index (χ0n) is 12.0. The number of amides is 1. The van der Waals surface area contributed by atoms with Crippen LogP contribution in [0.25, 0.3) is 0 Å². The number of benzene rings is 1. The van der Waals surface area contributed by atoms with E-state index in [1.165, 1.54) is 32.1 Å². The van der Waals surface area contributed by atoms with Gasteiger partial charge in [-0.2, -0.15) is 0 Å². The van der Waals surface area contributed by atoms with Crippen LogP contribution in [0.1, 0.15) is 43.7 Å². The number of carbonyl (C=O) groups is 1. The molecule has 0 bridgehead atoms. The zero-order chi connectivity index (χ0) is 13.9. The van der Waals surface area contributed by atoms with Gasteiger partial charge in [-0.3, -0.25) is 9.69 Å². The van der Waals surface area contributed by atoms with Crippen molar-refractivity contribution in [2.45, 2.75) is 38.1 Å². The Kier molecular flexibility index (Phi) is 4.06. The number of hydrogen-bond donors (Lipinski definition) is 1. The fourth-order valence-corrected chi connectivity index (χ4v) is 4.05. The second-order valence-corrected chi connectivity index (χ2v) is 6.30. The van der Waals surface area contributed by atoms with Crippen molar-refractivity contribution >= 4 is 5.91 Å². The first-order valence-electron chi connectivity index (χ1n) is 7.84. The number of hydrogen-bond acceptors (Lipinski definition) is 2. The maximum atomic E-state index is 11.9. The number of carbonyl (C=O) groups excluding carboxylic acids is 1. The molecule has 3 rings (SSSR count). The first kappa shape index (κ1) is 13.6. The quantitative estimate of drug-likeness (QED) is 0.919. The Bertz CT molecular complexity index is 459. The fraction of sp³-hybridized carbons (Fsp3) is 0.588. The van der Waals surface area contributed by atoms with E-state index in [1.54, 1.807) is 0 Å². The van der Waals surface area contributed by atoms with Crippen molar-refractivity contribution in [3.8, 4) is 0 Å². The summed E-state index contributed by atoms with van der Waals surface area (Å²) >= 11 is 0. The highest BCUT2D eigenvalue weighted by Gasteiger charge is 2.35. The molecule has 0 radical (unpaired) electrons. The third kappa shape index (κ3) is 2.73. The van der Waals surface area contributed by atoms with Crippen molar-refractivity contribution in [3.63, 3.8) is 0 Å². The minimum absolute atomic E-state index is 0.217. The smallest absolute Gasteiger partial charge is 0.239 e. The first-order valence-corrected chi connectivity index (χ1v) is 7.84. The Labute approximate surface area is 121 Å². The molecule has 3 nitrogen and oxygen atoms in total. The van der Waals surface area contributed by atoms with Gasteiger partial charge >= 0.3 is 0 Å². The lowest BCUT2D eigenvalue weighted by atomic mass is 9.74. The van der Waals surface area contributed by atoms with Crippen LogP contribution in [0.5, 0.6) is 0 Å². The van der Waals surface area contributed by atoms with Crippen molar-refractivity contribution < 1.29 is 4.79 Å². The summed E-state index contributed by atoms with van der Waals surface area (Å²) in [6, 6.07) is 9.73. The van der Waals surface area contributed by atoms with Crippen molar-refractivity contribution in [2.24, 2.45) is 17.6 Å². The number of likely N-dealkylation sites (tertiary alicyclic amines) is 1. The van der Waals surface area contributed by atoms with Crippen molar-refractivity contribution in [2.75, 3.05) is 13.1 Å². The summed E-state index contributed by atoms with van der Waals surface area (Å²) in [5, 5.41) is 0. The maximum absolute atomic E-state index is 11.9. The molecule has 2 aliphatic rings. The summed E-state index contributed by atoms with van der Waals surface area (Å²) in [6.07, 6.45) is 6.66. The minimum Gasteiger partial charge on any atom is -0.368 e. The van der Waals surface area contributed by atoms with Gasteiger partial charge in [0, 0.05) is 6.54 Å². The predicted octanol–water partition coefficient (Wildman–Crippen LogP) is 2.73. The molecule has 1 amide bonds. The van der Waals surface area contributed by atoms with Gasteiger partial charge < -0.3 is 5.73 Å². The van der Waals surface area contributed by atoms with Crippen LogP contribution in [0.3, 0.4) is 0 Å². The van der Waals surface area contributed by atoms with E-state index in [1.807, 2.05) is 30.3 Å². The second kappa shape index (κ2) is 5.96. The van der Waals surface area contributed by atoms with Gasteiger partial charge in [0.2, 0.25) is 5.91 Å². The zero-order valence-corrected chi connectivity index (χ0v) is 12.0. The van der Waals surface area contributed by atoms with Gasteiger partial charge in [-0.1, -0.05) is 49.6 Å². The molecule has 1 saturated carbocycles. The van der Waals surface area contributed by atoms with E-state index in [2.05, 4.69) is 4.90 Å². The predicted molar refractivity (Wildman–Crippen MR) is 80.0 cm³/mol. The number of nitrogens with two attached hydrogens (primary N) is 1. The topological polar surface area (TPSA) is 46.3 Å². The number of nitrogens with zero attached hydrogens (tertiary/aromatic N) is 1. The number of fused-ring (bicyclic) bond motifs is 1. The van der Waals surface area contributed by atoms with Crippen molar-refractivity contribution in [1.29, 1.82) is 0 Å². The van der Waals surface area contributed by atoms with Crippen LogP contribution in [-0.2, 0) is 4.79 Å². The first-order chi connectivity index (χ1) is 9.75. The summed E-state index contributed by atoms with van der Waals surface area (Å²) in [5.74, 6) is 1.43. The van der Waals surface area contributed by atoms with E-state index in [4.69, 9.17) is 5.73 Å². The van der Waals surface area contributed by atoms with Gasteiger partial charge in [-0.25, -0.2) is 0 Å². The van der Waals surface area contributed by atoms with Crippen LogP contribution in [0.4, 0.5) is 0 Å². The average Bonchev–Trinajstić information content (AvgIpc) is 2.48. The molecule has 0 spiro atoms. The van der Waals surface area contributed by atoms with Crippen LogP contribution >= 0.6 is 0 Å². The summed E-state index contributed by atoms with van der Waals surface area (Å²) in [6.45, 7) is 2.04. The second-order valence-electron chi connectivity index (χ2n) is 6.30. The minimum atomic E-state index is -0.251. The third-order valence-electron chi connectivity index (χ3n) is 5.07. The Morgan fingerprint density at radius 2 is 1.80 bits per heavy atom. The molecule has 108 valence electrons. The largest absolute Gasteiger partial charge is 0.368 e. The van der Waals surface area contributed by atoms with Gasteiger partial charge in [-0.05, 0) is 36.8 Å². The molecule has 1 aliphatic carbocycles. The van der Waals surface area contributed by atoms with Crippen LogP contribution in [0, 0.1) is 11.8 Å². The highest BCUT2D eigenvalue weighted by atomic mass is 16.1. The molecular formula is C17H24N2O.